The molecule has 0 radical (unpaired) electrons. The Kier molecular flexibility index (Phi) is 19.8. The first-order valence-electron chi connectivity index (χ1n) is 11.7. The summed E-state index contributed by atoms with van der Waals surface area (Å²) in [7, 11) is 1.57. The van der Waals surface area contributed by atoms with Crippen molar-refractivity contribution in [1.82, 2.24) is 15.6 Å². The maximum absolute atomic E-state index is 11.6. The smallest absolute Gasteiger partial charge is 0.223 e. The van der Waals surface area contributed by atoms with E-state index in [0.29, 0.717) is 48.7 Å². The molecule has 0 saturated carbocycles. The van der Waals surface area contributed by atoms with Crippen molar-refractivity contribution in [2.45, 2.75) is 73.4 Å². The lowest BCUT2D eigenvalue weighted by Crippen LogP contribution is -2.34. The van der Waals surface area contributed by atoms with Gasteiger partial charge in [-0.25, -0.2) is 0 Å². The maximum Gasteiger partial charge on any atom is 0.223 e. The van der Waals surface area contributed by atoms with E-state index in [1.54, 1.807) is 20.1 Å². The lowest BCUT2D eigenvalue weighted by atomic mass is 10.1. The highest BCUT2D eigenvalue weighted by atomic mass is 16.5. The van der Waals surface area contributed by atoms with Gasteiger partial charge in [0.25, 0.3) is 0 Å². The molecule has 2 amide bonds. The van der Waals surface area contributed by atoms with E-state index in [4.69, 9.17) is 22.7 Å². The fourth-order valence-corrected chi connectivity index (χ4v) is 3.03. The number of rotatable bonds is 7. The Balaban J connectivity index is 0. The zero-order chi connectivity index (χ0) is 26.5. The van der Waals surface area contributed by atoms with E-state index in [1.807, 2.05) is 30.9 Å². The van der Waals surface area contributed by atoms with Crippen LogP contribution in [0.1, 0.15) is 71.9 Å². The van der Waals surface area contributed by atoms with Crippen LogP contribution >= 0.6 is 0 Å². The largest absolute Gasteiger partial charge is 0.496 e. The number of terminal acetylenes is 1. The van der Waals surface area contributed by atoms with Crippen molar-refractivity contribution in [2.24, 2.45) is 17.5 Å². The van der Waals surface area contributed by atoms with E-state index in [-0.39, 0.29) is 0 Å². The van der Waals surface area contributed by atoms with Gasteiger partial charge in [0.05, 0.1) is 7.11 Å². The van der Waals surface area contributed by atoms with Gasteiger partial charge < -0.3 is 26.1 Å². The Morgan fingerprint density at radius 1 is 1.38 bits per heavy atom. The molecule has 1 aliphatic heterocycles. The van der Waals surface area contributed by atoms with Crippen LogP contribution < -0.4 is 27.1 Å². The van der Waals surface area contributed by atoms with Gasteiger partial charge in [-0.1, -0.05) is 39.7 Å². The molecule has 1 atom stereocenters. The van der Waals surface area contributed by atoms with Crippen LogP contribution in [0.25, 0.3) is 0 Å². The van der Waals surface area contributed by atoms with Gasteiger partial charge in [0.1, 0.15) is 5.75 Å². The highest BCUT2D eigenvalue weighted by molar-refractivity contribution is 5.76. The maximum atomic E-state index is 11.6. The number of nitrogens with one attached hydrogen (secondary N) is 2. The number of amides is 2. The average molecular weight is 476 g/mol. The Morgan fingerprint density at radius 2 is 2.03 bits per heavy atom. The molecule has 1 aromatic rings. The number of ether oxygens (including phenoxy) is 1. The molecule has 0 spiro atoms. The number of hydrogen-bond donors (Lipinski definition) is 4. The van der Waals surface area contributed by atoms with E-state index in [1.165, 1.54) is 19.0 Å². The third-order valence-corrected chi connectivity index (χ3v) is 4.60. The van der Waals surface area contributed by atoms with Crippen LogP contribution in [0.2, 0.25) is 0 Å². The van der Waals surface area contributed by atoms with Gasteiger partial charge >= 0.3 is 0 Å². The topological polar surface area (TPSA) is 123 Å². The highest BCUT2D eigenvalue weighted by Gasteiger charge is 2.24. The van der Waals surface area contributed by atoms with Crippen LogP contribution in [0.5, 0.6) is 5.75 Å². The molecule has 0 aliphatic carbocycles. The van der Waals surface area contributed by atoms with Gasteiger partial charge in [0.15, 0.2) is 0 Å². The predicted octanol–water partition coefficient (Wildman–Crippen LogP) is 3.26. The van der Waals surface area contributed by atoms with Crippen LogP contribution in [0.15, 0.2) is 30.1 Å². The molecule has 1 saturated heterocycles. The minimum absolute atomic E-state index is 0.343. The van der Waals surface area contributed by atoms with Crippen molar-refractivity contribution < 1.29 is 14.3 Å². The number of hydrazine groups is 1. The third-order valence-electron chi connectivity index (χ3n) is 4.60. The summed E-state index contributed by atoms with van der Waals surface area (Å²) in [6, 6.07) is 5.90. The lowest BCUT2D eigenvalue weighted by molar-refractivity contribution is -0.132. The fraction of sp³-hybridized carbons (Fsp3) is 0.538. The van der Waals surface area contributed by atoms with Gasteiger partial charge in [-0.2, -0.15) is 0 Å². The molecule has 2 rings (SSSR count). The predicted molar refractivity (Wildman–Crippen MR) is 140 cm³/mol. The second kappa shape index (κ2) is 20.4. The molecule has 1 fully saturated rings. The van der Waals surface area contributed by atoms with Crippen molar-refractivity contribution in [2.75, 3.05) is 13.7 Å². The number of carbonyl (C=O) groups is 2. The van der Waals surface area contributed by atoms with Crippen molar-refractivity contribution in [1.29, 1.82) is 0 Å². The Hall–Kier alpha value is -3.18. The van der Waals surface area contributed by atoms with Gasteiger partial charge in [-0.05, 0) is 44.7 Å². The molecular weight excluding hydrogens is 430 g/mol. The van der Waals surface area contributed by atoms with E-state index < -0.39 is 0 Å². The molecule has 1 heterocycles. The number of carbonyl (C=O) groups excluding carboxylic acids is 2. The number of likely N-dealkylation sites (tertiary alicyclic amines) is 1. The van der Waals surface area contributed by atoms with Crippen molar-refractivity contribution in [3.05, 3.63) is 41.2 Å². The second-order valence-electron chi connectivity index (χ2n) is 7.90. The molecule has 1 unspecified atom stereocenters. The minimum atomic E-state index is 0.343. The lowest BCUT2D eigenvalue weighted by Gasteiger charge is -2.22. The van der Waals surface area contributed by atoms with Gasteiger partial charge in [-0.15, -0.1) is 6.42 Å². The zero-order valence-electron chi connectivity index (χ0n) is 22.0. The summed E-state index contributed by atoms with van der Waals surface area (Å²) >= 11 is 0. The first kappa shape index (κ1) is 33.0. The molecule has 1 aliphatic rings. The molecule has 0 aromatic heterocycles. The molecule has 34 heavy (non-hydrogen) atoms. The van der Waals surface area contributed by atoms with Crippen LogP contribution in [0.4, 0.5) is 0 Å². The Labute approximate surface area is 206 Å². The number of allylic oxidation sites excluding steroid dienone is 1. The van der Waals surface area contributed by atoms with Crippen molar-refractivity contribution >= 4 is 12.3 Å². The molecule has 192 valence electrons. The standard InChI is InChI=1S/C11H11NO2.C10H19NO.C3H9N3.C2H6/c1-3-9-4-5-10(7-12-8-13)11(6-9)14-2;1-8(2)7-10(12)11-6-4-5-9(11)3;1-3(4)2-6-5;1-2/h1,4-6,8H,7H2,2H3,(H,12,13);8-9H,4-7H2,1-3H3;2,6H,4-5H2,1H3;1-2H3/b;;3-2-;. The number of nitrogens with two attached hydrogens (primary N) is 2. The van der Waals surface area contributed by atoms with Gasteiger partial charge in [0, 0.05) is 48.6 Å². The first-order valence-corrected chi connectivity index (χ1v) is 11.7. The summed E-state index contributed by atoms with van der Waals surface area (Å²) in [6.45, 7) is 13.5. The van der Waals surface area contributed by atoms with Gasteiger partial charge in [-0.3, -0.25) is 15.4 Å². The summed E-state index contributed by atoms with van der Waals surface area (Å²) < 4.78 is 5.13. The van der Waals surface area contributed by atoms with E-state index in [2.05, 4.69) is 37.4 Å². The van der Waals surface area contributed by atoms with E-state index in [0.717, 1.165) is 17.7 Å². The molecule has 1 aromatic carbocycles. The quantitative estimate of drug-likeness (QED) is 0.208. The molecule has 8 nitrogen and oxygen atoms in total. The summed E-state index contributed by atoms with van der Waals surface area (Å²) in [5, 5.41) is 2.56. The van der Waals surface area contributed by atoms with Crippen LogP contribution in [0, 0.1) is 18.3 Å². The van der Waals surface area contributed by atoms with Crippen LogP contribution in [0.3, 0.4) is 0 Å². The second-order valence-corrected chi connectivity index (χ2v) is 7.90. The van der Waals surface area contributed by atoms with E-state index in [9.17, 15) is 9.59 Å². The molecular formula is C26H45N5O3. The zero-order valence-corrected chi connectivity index (χ0v) is 22.0. The number of hydrogen-bond acceptors (Lipinski definition) is 6. The molecule has 8 heteroatoms. The highest BCUT2D eigenvalue weighted by Crippen LogP contribution is 2.20. The SMILES string of the molecule is C#Cc1ccc(CNC=O)c(OC)c1.C/C(N)=C/NN.CC.CC(C)CC(=O)N1CCCC1C. The number of methoxy groups -OCH3 is 1. The summed E-state index contributed by atoms with van der Waals surface area (Å²) in [5.41, 5.74) is 9.74. The Morgan fingerprint density at radius 3 is 2.41 bits per heavy atom. The van der Waals surface area contributed by atoms with E-state index >= 15 is 0 Å². The van der Waals surface area contributed by atoms with Crippen LogP contribution in [-0.2, 0) is 16.1 Å². The summed E-state index contributed by atoms with van der Waals surface area (Å²) in [5.74, 6) is 8.86. The normalized spacial score (nSPS) is 14.2. The van der Waals surface area contributed by atoms with Gasteiger partial charge in [0.2, 0.25) is 12.3 Å². The minimum Gasteiger partial charge on any atom is -0.496 e. The first-order chi connectivity index (χ1) is 16.2. The summed E-state index contributed by atoms with van der Waals surface area (Å²) in [6.07, 6.45) is 10.5. The third kappa shape index (κ3) is 14.8. The summed E-state index contributed by atoms with van der Waals surface area (Å²) in [4.78, 5) is 23.7. The van der Waals surface area contributed by atoms with Crippen molar-refractivity contribution in [3.63, 3.8) is 0 Å². The van der Waals surface area contributed by atoms with Crippen molar-refractivity contribution in [3.8, 4) is 18.1 Å². The monoisotopic (exact) mass is 475 g/mol. The Bertz CT molecular complexity index is 768. The average Bonchev–Trinajstić information content (AvgIpc) is 3.25. The fourth-order valence-electron chi connectivity index (χ4n) is 3.03. The molecule has 6 N–H and O–H groups in total. The molecule has 0 bridgehead atoms. The number of nitrogens with zero attached hydrogens (tertiary/aromatic N) is 1. The number of benzene rings is 1. The van der Waals surface area contributed by atoms with Crippen LogP contribution in [-0.4, -0.2) is 36.9 Å².